The van der Waals surface area contributed by atoms with E-state index in [1.54, 1.807) is 31.2 Å². The van der Waals surface area contributed by atoms with E-state index in [1.165, 1.54) is 22.5 Å². The molecular formula is C18H19N3O5S. The molecule has 3 rings (SSSR count). The number of hydrogen-bond acceptors (Lipinski definition) is 5. The molecule has 0 bridgehead atoms. The largest absolute Gasteiger partial charge is 0.322 e. The van der Waals surface area contributed by atoms with Crippen molar-refractivity contribution in [3.8, 4) is 0 Å². The van der Waals surface area contributed by atoms with Crippen LogP contribution in [0.15, 0.2) is 42.5 Å². The minimum atomic E-state index is -3.39. The summed E-state index contributed by atoms with van der Waals surface area (Å²) in [6, 6.07) is 10.3. The Hall–Kier alpha value is -2.94. The van der Waals surface area contributed by atoms with Crippen molar-refractivity contribution in [3.05, 3.63) is 63.7 Å². The zero-order valence-electron chi connectivity index (χ0n) is 14.9. The summed E-state index contributed by atoms with van der Waals surface area (Å²) in [5, 5.41) is 13.5. The fraction of sp³-hybridized carbons (Fsp3) is 0.278. The average molecular weight is 389 g/mol. The number of nitro benzene ring substituents is 1. The van der Waals surface area contributed by atoms with Gasteiger partial charge in [0.1, 0.15) is 0 Å². The van der Waals surface area contributed by atoms with E-state index in [0.29, 0.717) is 23.4 Å². The van der Waals surface area contributed by atoms with E-state index in [4.69, 9.17) is 0 Å². The van der Waals surface area contributed by atoms with Gasteiger partial charge in [-0.2, -0.15) is 0 Å². The third kappa shape index (κ3) is 3.63. The summed E-state index contributed by atoms with van der Waals surface area (Å²) >= 11 is 0. The predicted octanol–water partition coefficient (Wildman–Crippen LogP) is 2.95. The second-order valence-corrected chi connectivity index (χ2v) is 8.49. The number of nitrogens with one attached hydrogen (secondary N) is 1. The molecule has 1 heterocycles. The van der Waals surface area contributed by atoms with E-state index in [9.17, 15) is 23.3 Å². The Labute approximate surface area is 157 Å². The molecule has 0 spiro atoms. The predicted molar refractivity (Wildman–Crippen MR) is 103 cm³/mol. The smallest absolute Gasteiger partial charge is 0.271 e. The molecule has 0 saturated heterocycles. The molecule has 2 aromatic rings. The van der Waals surface area contributed by atoms with Gasteiger partial charge in [-0.1, -0.05) is 6.07 Å². The fourth-order valence-electron chi connectivity index (χ4n) is 3.21. The number of sulfonamides is 1. The molecule has 0 fully saturated rings. The molecule has 1 N–H and O–H groups in total. The van der Waals surface area contributed by atoms with Crippen molar-refractivity contribution in [2.45, 2.75) is 26.3 Å². The first-order chi connectivity index (χ1) is 12.7. The van der Waals surface area contributed by atoms with Gasteiger partial charge in [0.15, 0.2) is 0 Å². The van der Waals surface area contributed by atoms with E-state index in [1.807, 2.05) is 6.92 Å². The molecule has 1 amide bonds. The van der Waals surface area contributed by atoms with Crippen LogP contribution < -0.4 is 9.62 Å². The number of nitrogens with zero attached hydrogens (tertiary/aromatic N) is 2. The molecule has 142 valence electrons. The minimum absolute atomic E-state index is 0.00576. The van der Waals surface area contributed by atoms with Crippen LogP contribution in [-0.4, -0.2) is 31.0 Å². The van der Waals surface area contributed by atoms with Gasteiger partial charge in [-0.25, -0.2) is 8.42 Å². The summed E-state index contributed by atoms with van der Waals surface area (Å²) in [5.74, 6) is -0.408. The maximum atomic E-state index is 12.5. The molecule has 1 aliphatic rings. The summed E-state index contributed by atoms with van der Waals surface area (Å²) in [4.78, 5) is 22.8. The van der Waals surface area contributed by atoms with E-state index in [-0.39, 0.29) is 17.5 Å². The first-order valence-corrected chi connectivity index (χ1v) is 10.0. The van der Waals surface area contributed by atoms with Crippen LogP contribution in [0.3, 0.4) is 0 Å². The number of anilines is 2. The van der Waals surface area contributed by atoms with Gasteiger partial charge < -0.3 is 5.32 Å². The lowest BCUT2D eigenvalue weighted by atomic mass is 10.1. The van der Waals surface area contributed by atoms with Gasteiger partial charge in [0.2, 0.25) is 10.0 Å². The highest BCUT2D eigenvalue weighted by molar-refractivity contribution is 7.92. The Morgan fingerprint density at radius 1 is 1.30 bits per heavy atom. The topological polar surface area (TPSA) is 110 Å². The lowest BCUT2D eigenvalue weighted by Crippen LogP contribution is -2.36. The molecule has 8 nitrogen and oxygen atoms in total. The van der Waals surface area contributed by atoms with Crippen molar-refractivity contribution < 1.29 is 18.1 Å². The normalized spacial score (nSPS) is 16.1. The van der Waals surface area contributed by atoms with Crippen molar-refractivity contribution in [1.29, 1.82) is 0 Å². The van der Waals surface area contributed by atoms with Crippen LogP contribution in [0.2, 0.25) is 0 Å². The van der Waals surface area contributed by atoms with E-state index in [0.717, 1.165) is 5.56 Å². The van der Waals surface area contributed by atoms with Crippen molar-refractivity contribution in [3.63, 3.8) is 0 Å². The van der Waals surface area contributed by atoms with Crippen molar-refractivity contribution >= 4 is 33.0 Å². The highest BCUT2D eigenvalue weighted by atomic mass is 32.2. The van der Waals surface area contributed by atoms with Crippen LogP contribution in [0.1, 0.15) is 29.8 Å². The third-order valence-electron chi connectivity index (χ3n) is 4.47. The third-order valence-corrected chi connectivity index (χ3v) is 6.36. The number of non-ortho nitro benzene ring substituents is 1. The summed E-state index contributed by atoms with van der Waals surface area (Å²) in [6.07, 6.45) is 0.520. The van der Waals surface area contributed by atoms with Crippen LogP contribution in [0.5, 0.6) is 0 Å². The van der Waals surface area contributed by atoms with Crippen molar-refractivity contribution in [2.75, 3.05) is 15.4 Å². The molecule has 9 heteroatoms. The van der Waals surface area contributed by atoms with Gasteiger partial charge in [-0.3, -0.25) is 19.2 Å². The van der Waals surface area contributed by atoms with E-state index in [2.05, 4.69) is 5.32 Å². The fourth-order valence-corrected chi connectivity index (χ4v) is 4.59. The van der Waals surface area contributed by atoms with Crippen LogP contribution in [0, 0.1) is 10.1 Å². The molecule has 0 aromatic heterocycles. The molecule has 1 aliphatic heterocycles. The summed E-state index contributed by atoms with van der Waals surface area (Å²) < 4.78 is 26.0. The number of carbonyl (C=O) groups is 1. The second kappa shape index (κ2) is 6.99. The number of nitro groups is 1. The molecule has 27 heavy (non-hydrogen) atoms. The monoisotopic (exact) mass is 389 g/mol. The number of amides is 1. The maximum absolute atomic E-state index is 12.5. The molecule has 1 atom stereocenters. The SMILES string of the molecule is CCS(=O)(=O)N1c2ccc(C(=O)Nc3cccc([N+](=O)[O-])c3)cc2C[C@@H]1C. The van der Waals surface area contributed by atoms with Gasteiger partial charge in [0.25, 0.3) is 11.6 Å². The zero-order chi connectivity index (χ0) is 19.8. The highest BCUT2D eigenvalue weighted by Crippen LogP contribution is 2.35. The van der Waals surface area contributed by atoms with Crippen LogP contribution in [0.25, 0.3) is 0 Å². The number of benzene rings is 2. The number of hydrogen-bond donors (Lipinski definition) is 1. The molecule has 0 saturated carbocycles. The van der Waals surface area contributed by atoms with Crippen LogP contribution >= 0.6 is 0 Å². The quantitative estimate of drug-likeness (QED) is 0.624. The molecule has 0 aliphatic carbocycles. The Morgan fingerprint density at radius 3 is 2.70 bits per heavy atom. The molecule has 2 aromatic carbocycles. The summed E-state index contributed by atoms with van der Waals surface area (Å²) in [5.41, 5.74) is 1.94. The van der Waals surface area contributed by atoms with Crippen molar-refractivity contribution in [2.24, 2.45) is 0 Å². The van der Waals surface area contributed by atoms with Gasteiger partial charge in [0, 0.05) is 29.4 Å². The number of fused-ring (bicyclic) bond motifs is 1. The van der Waals surface area contributed by atoms with E-state index >= 15 is 0 Å². The zero-order valence-corrected chi connectivity index (χ0v) is 15.7. The van der Waals surface area contributed by atoms with Gasteiger partial charge >= 0.3 is 0 Å². The number of carbonyl (C=O) groups excluding carboxylic acids is 1. The average Bonchev–Trinajstić information content (AvgIpc) is 2.97. The lowest BCUT2D eigenvalue weighted by Gasteiger charge is -2.23. The summed E-state index contributed by atoms with van der Waals surface area (Å²) in [7, 11) is -3.39. The highest BCUT2D eigenvalue weighted by Gasteiger charge is 2.34. The Kier molecular flexibility index (Phi) is 4.88. The Balaban J connectivity index is 1.86. The number of rotatable bonds is 5. The second-order valence-electron chi connectivity index (χ2n) is 6.35. The van der Waals surface area contributed by atoms with E-state index < -0.39 is 20.9 Å². The van der Waals surface area contributed by atoms with Crippen LogP contribution in [0.4, 0.5) is 17.1 Å². The molecule has 0 radical (unpaired) electrons. The molecular weight excluding hydrogens is 370 g/mol. The Bertz CT molecular complexity index is 1020. The first-order valence-electron chi connectivity index (χ1n) is 8.43. The first kappa shape index (κ1) is 18.8. The standard InChI is InChI=1S/C18H19N3O5S/c1-3-27(25,26)20-12(2)9-14-10-13(7-8-17(14)20)18(22)19-15-5-4-6-16(11-15)21(23)24/h4-8,10-12H,3,9H2,1-2H3,(H,19,22)/t12-/m0/s1. The van der Waals surface area contributed by atoms with Gasteiger partial charge in [-0.15, -0.1) is 0 Å². The minimum Gasteiger partial charge on any atom is -0.322 e. The van der Waals surface area contributed by atoms with Crippen molar-refractivity contribution in [1.82, 2.24) is 0 Å². The lowest BCUT2D eigenvalue weighted by molar-refractivity contribution is -0.384. The Morgan fingerprint density at radius 2 is 2.04 bits per heavy atom. The summed E-state index contributed by atoms with van der Waals surface area (Å²) in [6.45, 7) is 3.43. The molecule has 0 unspecified atom stereocenters. The van der Waals surface area contributed by atoms with Crippen LogP contribution in [-0.2, 0) is 16.4 Å². The maximum Gasteiger partial charge on any atom is 0.271 e. The van der Waals surface area contributed by atoms with Gasteiger partial charge in [0.05, 0.1) is 16.4 Å². The van der Waals surface area contributed by atoms with Gasteiger partial charge in [-0.05, 0) is 50.1 Å².